The van der Waals surface area contributed by atoms with E-state index in [9.17, 15) is 4.79 Å². The van der Waals surface area contributed by atoms with Crippen molar-refractivity contribution in [1.82, 2.24) is 9.88 Å². The molecule has 1 aromatic carbocycles. The van der Waals surface area contributed by atoms with Gasteiger partial charge in [0.15, 0.2) is 0 Å². The van der Waals surface area contributed by atoms with Crippen molar-refractivity contribution in [1.29, 1.82) is 5.26 Å². The van der Waals surface area contributed by atoms with Crippen molar-refractivity contribution >= 4 is 5.91 Å². The highest BCUT2D eigenvalue weighted by molar-refractivity contribution is 5.93. The van der Waals surface area contributed by atoms with E-state index in [-0.39, 0.29) is 17.4 Å². The van der Waals surface area contributed by atoms with Crippen LogP contribution in [-0.4, -0.2) is 22.3 Å². The molecule has 1 saturated heterocycles. The van der Waals surface area contributed by atoms with Crippen molar-refractivity contribution in [2.75, 3.05) is 6.54 Å². The summed E-state index contributed by atoms with van der Waals surface area (Å²) in [6, 6.07) is 15.5. The average molecular weight is 279 g/mol. The zero-order valence-electron chi connectivity index (χ0n) is 12.1. The van der Waals surface area contributed by atoms with Crippen LogP contribution in [0.4, 0.5) is 0 Å². The van der Waals surface area contributed by atoms with E-state index in [1.807, 2.05) is 29.2 Å². The Hall–Kier alpha value is -2.54. The monoisotopic (exact) mass is 279 g/mol. The molecule has 3 rings (SSSR count). The Morgan fingerprint density at radius 2 is 2.00 bits per heavy atom. The zero-order valence-corrected chi connectivity index (χ0v) is 12.1. The molecule has 0 spiro atoms. The third kappa shape index (κ3) is 2.21. The maximum atomic E-state index is 12.6. The van der Waals surface area contributed by atoms with Crippen molar-refractivity contribution in [2.24, 2.45) is 5.41 Å². The molecule has 1 atom stereocenters. The minimum Gasteiger partial charge on any atom is -0.342 e. The highest BCUT2D eigenvalue weighted by atomic mass is 16.2. The number of carbonyl (C=O) groups excluding carboxylic acids is 1. The van der Waals surface area contributed by atoms with Crippen LogP contribution >= 0.6 is 0 Å². The molecule has 0 saturated carbocycles. The molecule has 2 aromatic rings. The molecule has 0 radical (unpaired) electrons. The summed E-state index contributed by atoms with van der Waals surface area (Å²) in [5.74, 6) is -0.0512. The summed E-state index contributed by atoms with van der Waals surface area (Å²) < 4.78 is 0. The minimum absolute atomic E-state index is 0.0512. The van der Waals surface area contributed by atoms with Crippen molar-refractivity contribution in [3.05, 3.63) is 59.4 Å². The average Bonchev–Trinajstić information content (AvgIpc) is 2.94. The van der Waals surface area contributed by atoms with Crippen LogP contribution in [0.2, 0.25) is 0 Å². The number of aromatic nitrogens is 1. The fraction of sp³-hybridized carbons (Fsp3) is 0.294. The summed E-state index contributed by atoms with van der Waals surface area (Å²) in [6.07, 6.45) is 0. The summed E-state index contributed by atoms with van der Waals surface area (Å²) >= 11 is 0. The van der Waals surface area contributed by atoms with Gasteiger partial charge in [-0.25, -0.2) is 0 Å². The van der Waals surface area contributed by atoms with Crippen LogP contribution in [0.15, 0.2) is 42.5 Å². The molecule has 1 fully saturated rings. The van der Waals surface area contributed by atoms with E-state index >= 15 is 0 Å². The molecule has 1 unspecified atom stereocenters. The number of likely N-dealkylation sites (tertiary alicyclic amines) is 1. The van der Waals surface area contributed by atoms with Crippen LogP contribution in [0, 0.1) is 16.7 Å². The van der Waals surface area contributed by atoms with Crippen LogP contribution in [0.25, 0.3) is 0 Å². The molecule has 106 valence electrons. The molecular formula is C17H17N3O. The largest absolute Gasteiger partial charge is 0.342 e. The molecule has 1 N–H and O–H groups in total. The smallest absolute Gasteiger partial charge is 0.270 e. The van der Waals surface area contributed by atoms with E-state index in [0.29, 0.717) is 17.9 Å². The first-order chi connectivity index (χ1) is 10.0. The van der Waals surface area contributed by atoms with E-state index in [0.717, 1.165) is 5.56 Å². The van der Waals surface area contributed by atoms with Gasteiger partial charge in [-0.05, 0) is 17.7 Å². The van der Waals surface area contributed by atoms with Gasteiger partial charge in [0.25, 0.3) is 5.91 Å². The molecule has 4 heteroatoms. The molecule has 21 heavy (non-hydrogen) atoms. The standard InChI is InChI=1S/C17H17N3O/c1-17(2)11-20(15(17)12-6-4-3-5-7-12)16(21)14-9-8-13(10-18)19-14/h3-9,15,19H,11H2,1-2H3. The Labute approximate surface area is 124 Å². The predicted octanol–water partition coefficient (Wildman–Crippen LogP) is 3.11. The molecule has 2 heterocycles. The second-order valence-corrected chi connectivity index (χ2v) is 6.13. The molecule has 1 aromatic heterocycles. The van der Waals surface area contributed by atoms with Gasteiger partial charge in [-0.1, -0.05) is 44.2 Å². The quantitative estimate of drug-likeness (QED) is 0.918. The first-order valence-corrected chi connectivity index (χ1v) is 6.98. The number of H-pyrrole nitrogens is 1. The third-order valence-electron chi connectivity index (χ3n) is 4.04. The molecule has 0 bridgehead atoms. The lowest BCUT2D eigenvalue weighted by molar-refractivity contribution is -0.0326. The van der Waals surface area contributed by atoms with Gasteiger partial charge in [0.05, 0.1) is 6.04 Å². The minimum atomic E-state index is -0.0512. The zero-order chi connectivity index (χ0) is 15.0. The third-order valence-corrected chi connectivity index (χ3v) is 4.04. The Bertz CT molecular complexity index is 709. The topological polar surface area (TPSA) is 59.9 Å². The molecular weight excluding hydrogens is 262 g/mol. The number of benzene rings is 1. The van der Waals surface area contributed by atoms with Crippen molar-refractivity contribution in [3.63, 3.8) is 0 Å². The van der Waals surface area contributed by atoms with Crippen LogP contribution in [-0.2, 0) is 0 Å². The summed E-state index contributed by atoms with van der Waals surface area (Å²) in [6.45, 7) is 5.06. The lowest BCUT2D eigenvalue weighted by Crippen LogP contribution is -2.57. The summed E-state index contributed by atoms with van der Waals surface area (Å²) in [4.78, 5) is 17.3. The molecule has 4 nitrogen and oxygen atoms in total. The van der Waals surface area contributed by atoms with E-state index in [1.165, 1.54) is 0 Å². The molecule has 0 aliphatic carbocycles. The Kier molecular flexibility index (Phi) is 3.06. The van der Waals surface area contributed by atoms with Gasteiger partial charge < -0.3 is 9.88 Å². The number of nitrogens with zero attached hydrogens (tertiary/aromatic N) is 2. The fourth-order valence-electron chi connectivity index (χ4n) is 3.12. The number of hydrogen-bond donors (Lipinski definition) is 1. The highest BCUT2D eigenvalue weighted by Gasteiger charge is 2.49. The summed E-state index contributed by atoms with van der Waals surface area (Å²) in [5, 5.41) is 8.85. The van der Waals surface area contributed by atoms with E-state index < -0.39 is 0 Å². The van der Waals surface area contributed by atoms with Gasteiger partial charge in [-0.15, -0.1) is 0 Å². The Morgan fingerprint density at radius 1 is 1.29 bits per heavy atom. The van der Waals surface area contributed by atoms with Crippen molar-refractivity contribution < 1.29 is 4.79 Å². The number of aromatic amines is 1. The van der Waals surface area contributed by atoms with Crippen LogP contribution < -0.4 is 0 Å². The number of nitriles is 1. The Balaban J connectivity index is 1.89. The molecule has 1 amide bonds. The SMILES string of the molecule is CC1(C)CN(C(=O)c2ccc(C#N)[nH]2)C1c1ccccc1. The lowest BCUT2D eigenvalue weighted by atomic mass is 9.71. The second-order valence-electron chi connectivity index (χ2n) is 6.13. The molecule has 1 aliphatic heterocycles. The van der Waals surface area contributed by atoms with Crippen LogP contribution in [0.1, 0.15) is 41.6 Å². The van der Waals surface area contributed by atoms with Gasteiger partial charge in [0, 0.05) is 12.0 Å². The maximum absolute atomic E-state index is 12.6. The van der Waals surface area contributed by atoms with Crippen molar-refractivity contribution in [2.45, 2.75) is 19.9 Å². The second kappa shape index (κ2) is 4.78. The first-order valence-electron chi connectivity index (χ1n) is 6.98. The van der Waals surface area contributed by atoms with E-state index in [1.54, 1.807) is 12.1 Å². The lowest BCUT2D eigenvalue weighted by Gasteiger charge is -2.54. The van der Waals surface area contributed by atoms with Crippen LogP contribution in [0.5, 0.6) is 0 Å². The predicted molar refractivity (Wildman–Crippen MR) is 79.5 cm³/mol. The van der Waals surface area contributed by atoms with E-state index in [4.69, 9.17) is 5.26 Å². The number of amides is 1. The summed E-state index contributed by atoms with van der Waals surface area (Å²) in [5.41, 5.74) is 2.09. The first kappa shape index (κ1) is 13.4. The normalized spacial score (nSPS) is 19.7. The number of hydrogen-bond acceptors (Lipinski definition) is 2. The fourth-order valence-corrected chi connectivity index (χ4v) is 3.12. The maximum Gasteiger partial charge on any atom is 0.270 e. The number of rotatable bonds is 2. The highest BCUT2D eigenvalue weighted by Crippen LogP contribution is 2.48. The van der Waals surface area contributed by atoms with Gasteiger partial charge >= 0.3 is 0 Å². The van der Waals surface area contributed by atoms with Gasteiger partial charge in [0.2, 0.25) is 0 Å². The van der Waals surface area contributed by atoms with Gasteiger partial charge in [-0.3, -0.25) is 4.79 Å². The number of nitrogens with one attached hydrogen (secondary N) is 1. The summed E-state index contributed by atoms with van der Waals surface area (Å²) in [7, 11) is 0. The number of carbonyl (C=O) groups is 1. The van der Waals surface area contributed by atoms with E-state index in [2.05, 4.69) is 31.0 Å². The Morgan fingerprint density at radius 3 is 2.57 bits per heavy atom. The van der Waals surface area contributed by atoms with Crippen molar-refractivity contribution in [3.8, 4) is 6.07 Å². The van der Waals surface area contributed by atoms with Gasteiger partial charge in [-0.2, -0.15) is 5.26 Å². The van der Waals surface area contributed by atoms with Gasteiger partial charge in [0.1, 0.15) is 17.5 Å². The molecule has 1 aliphatic rings. The van der Waals surface area contributed by atoms with Crippen LogP contribution in [0.3, 0.4) is 0 Å².